The zero-order chi connectivity index (χ0) is 19.7. The van der Waals surface area contributed by atoms with E-state index in [0.29, 0.717) is 0 Å². The highest BCUT2D eigenvalue weighted by Gasteiger charge is 2.32. The Kier molecular flexibility index (Phi) is 6.04. The second-order valence-corrected chi connectivity index (χ2v) is 8.38. The minimum atomic E-state index is -4.42. The normalized spacial score (nSPS) is 13.6. The molecule has 142 valence electrons. The van der Waals surface area contributed by atoms with Crippen LogP contribution in [0.25, 0.3) is 0 Å². The van der Waals surface area contributed by atoms with E-state index in [2.05, 4.69) is 4.98 Å². The fourth-order valence-electron chi connectivity index (χ4n) is 2.26. The summed E-state index contributed by atoms with van der Waals surface area (Å²) in [6.45, 7) is 1.26. The van der Waals surface area contributed by atoms with Gasteiger partial charge in [0.1, 0.15) is 16.6 Å². The van der Waals surface area contributed by atoms with Crippen LogP contribution in [0.2, 0.25) is 10.2 Å². The molecular weight excluding hydrogens is 416 g/mol. The lowest BCUT2D eigenvalue weighted by atomic mass is 10.2. The van der Waals surface area contributed by atoms with Crippen LogP contribution >= 0.6 is 23.2 Å². The first kappa shape index (κ1) is 20.7. The Hall–Kier alpha value is -1.58. The Bertz CT molecular complexity index is 926. The molecule has 1 atom stereocenters. The maximum atomic E-state index is 12.5. The number of rotatable bonds is 6. The van der Waals surface area contributed by atoms with Crippen LogP contribution in [0.4, 0.5) is 13.2 Å². The van der Waals surface area contributed by atoms with Crippen molar-refractivity contribution in [3.63, 3.8) is 0 Å². The first-order valence-corrected chi connectivity index (χ1v) is 9.62. The maximum absolute atomic E-state index is 12.5. The predicted octanol–water partition coefficient (Wildman–Crippen LogP) is 4.36. The molecule has 0 saturated carbocycles. The number of ketones is 1. The topological polar surface area (TPSA) is 69.0 Å². The van der Waals surface area contributed by atoms with E-state index in [1.54, 1.807) is 0 Å². The zero-order valence-corrected chi connectivity index (χ0v) is 15.6. The van der Waals surface area contributed by atoms with Gasteiger partial charge in [0.2, 0.25) is 0 Å². The Morgan fingerprint density at radius 3 is 2.54 bits per heavy atom. The van der Waals surface area contributed by atoms with Crippen molar-refractivity contribution < 1.29 is 26.4 Å². The van der Waals surface area contributed by atoms with Gasteiger partial charge >= 0.3 is 6.18 Å². The molecular formula is C15H13Cl2F3N2O3S. The quantitative estimate of drug-likeness (QED) is 0.640. The third-order valence-electron chi connectivity index (χ3n) is 3.48. The third-order valence-corrected chi connectivity index (χ3v) is 5.70. The first-order chi connectivity index (χ1) is 11.9. The molecule has 0 aliphatic carbocycles. The fraction of sp³-hybridized carbons (Fsp3) is 0.333. The molecule has 0 aliphatic heterocycles. The van der Waals surface area contributed by atoms with Crippen molar-refractivity contribution in [2.24, 2.45) is 0 Å². The third kappa shape index (κ3) is 4.99. The standard InChI is InChI=1S/C15H13Cl2F3N2O3S/c1-9(6-15(18,19)20)22-8-21-13(14(22)17)12(23)7-26(24,25)11-4-2-3-10(16)5-11/h2-5,8-9H,6-7H2,1H3. The largest absolute Gasteiger partial charge is 0.391 e. The maximum Gasteiger partial charge on any atom is 0.391 e. The van der Waals surface area contributed by atoms with Crippen molar-refractivity contribution >= 4 is 38.8 Å². The molecule has 2 rings (SSSR count). The molecule has 0 N–H and O–H groups in total. The summed E-state index contributed by atoms with van der Waals surface area (Å²) >= 11 is 11.7. The molecule has 0 bridgehead atoms. The molecule has 26 heavy (non-hydrogen) atoms. The van der Waals surface area contributed by atoms with Crippen molar-refractivity contribution in [3.05, 3.63) is 46.5 Å². The van der Waals surface area contributed by atoms with Crippen molar-refractivity contribution in [1.82, 2.24) is 9.55 Å². The first-order valence-electron chi connectivity index (χ1n) is 7.21. The summed E-state index contributed by atoms with van der Waals surface area (Å²) in [5.41, 5.74) is -0.397. The summed E-state index contributed by atoms with van der Waals surface area (Å²) in [7, 11) is -4.01. The van der Waals surface area contributed by atoms with E-state index < -0.39 is 45.7 Å². The number of hydrogen-bond acceptors (Lipinski definition) is 4. The van der Waals surface area contributed by atoms with Gasteiger partial charge in [-0.2, -0.15) is 13.2 Å². The highest BCUT2D eigenvalue weighted by molar-refractivity contribution is 7.92. The van der Waals surface area contributed by atoms with E-state index in [4.69, 9.17) is 23.2 Å². The lowest BCUT2D eigenvalue weighted by Crippen LogP contribution is -2.18. The average Bonchev–Trinajstić information content (AvgIpc) is 2.87. The van der Waals surface area contributed by atoms with Gasteiger partial charge in [0.05, 0.1) is 17.6 Å². The van der Waals surface area contributed by atoms with E-state index in [1.807, 2.05) is 0 Å². The van der Waals surface area contributed by atoms with Gasteiger partial charge in [-0.25, -0.2) is 13.4 Å². The van der Waals surface area contributed by atoms with E-state index in [-0.39, 0.29) is 15.1 Å². The molecule has 0 aliphatic rings. The number of sulfone groups is 1. The van der Waals surface area contributed by atoms with Crippen molar-refractivity contribution in [1.29, 1.82) is 0 Å². The van der Waals surface area contributed by atoms with Crippen molar-refractivity contribution in [2.75, 3.05) is 5.75 Å². The van der Waals surface area contributed by atoms with E-state index in [9.17, 15) is 26.4 Å². The fourth-order valence-corrected chi connectivity index (χ4v) is 4.12. The number of nitrogens with zero attached hydrogens (tertiary/aromatic N) is 2. The monoisotopic (exact) mass is 428 g/mol. The Morgan fingerprint density at radius 2 is 1.96 bits per heavy atom. The van der Waals surface area contributed by atoms with Gasteiger partial charge in [-0.15, -0.1) is 0 Å². The Balaban J connectivity index is 2.23. The molecule has 1 unspecified atom stereocenters. The number of aromatic nitrogens is 2. The van der Waals surface area contributed by atoms with Crippen LogP contribution in [0.5, 0.6) is 0 Å². The van der Waals surface area contributed by atoms with Crippen molar-refractivity contribution in [2.45, 2.75) is 30.5 Å². The van der Waals surface area contributed by atoms with Crippen LogP contribution in [0.3, 0.4) is 0 Å². The molecule has 0 fully saturated rings. The molecule has 0 saturated heterocycles. The number of alkyl halides is 3. The van der Waals surface area contributed by atoms with E-state index >= 15 is 0 Å². The second-order valence-electron chi connectivity index (χ2n) is 5.60. The molecule has 1 aromatic carbocycles. The van der Waals surface area contributed by atoms with Crippen LogP contribution in [0, 0.1) is 0 Å². The Morgan fingerprint density at radius 1 is 1.31 bits per heavy atom. The SMILES string of the molecule is CC(CC(F)(F)F)n1cnc(C(=O)CS(=O)(=O)c2cccc(Cl)c2)c1Cl. The molecule has 5 nitrogen and oxygen atoms in total. The summed E-state index contributed by atoms with van der Waals surface area (Å²) in [6.07, 6.45) is -4.61. The van der Waals surface area contributed by atoms with Gasteiger partial charge in [0.25, 0.3) is 0 Å². The van der Waals surface area contributed by atoms with Gasteiger partial charge in [0, 0.05) is 11.1 Å². The molecule has 0 amide bonds. The van der Waals surface area contributed by atoms with Gasteiger partial charge in [-0.05, 0) is 25.1 Å². The summed E-state index contributed by atoms with van der Waals surface area (Å²) < 4.78 is 63.1. The van der Waals surface area contributed by atoms with Crippen LogP contribution in [0.1, 0.15) is 29.9 Å². The molecule has 0 spiro atoms. The molecule has 1 heterocycles. The van der Waals surface area contributed by atoms with E-state index in [1.165, 1.54) is 31.2 Å². The van der Waals surface area contributed by atoms with Gasteiger partial charge in [-0.3, -0.25) is 4.79 Å². The molecule has 11 heteroatoms. The van der Waals surface area contributed by atoms with Gasteiger partial charge in [-0.1, -0.05) is 29.3 Å². The Labute approximate surface area is 157 Å². The number of hydrogen-bond donors (Lipinski definition) is 0. The number of Topliss-reactive ketones (excluding diaryl/α,β-unsaturated/α-hetero) is 1. The minimum Gasteiger partial charge on any atom is -0.318 e. The van der Waals surface area contributed by atoms with Crippen LogP contribution in [-0.2, 0) is 9.84 Å². The summed E-state index contributed by atoms with van der Waals surface area (Å²) in [4.78, 5) is 15.8. The second kappa shape index (κ2) is 7.58. The van der Waals surface area contributed by atoms with Crippen LogP contribution in [0.15, 0.2) is 35.5 Å². The van der Waals surface area contributed by atoms with E-state index in [0.717, 1.165) is 10.9 Å². The molecule has 1 aromatic heterocycles. The predicted molar refractivity (Wildman–Crippen MR) is 90.5 cm³/mol. The van der Waals surface area contributed by atoms with Crippen molar-refractivity contribution in [3.8, 4) is 0 Å². The number of imidazole rings is 1. The number of carbonyl (C=O) groups is 1. The average molecular weight is 429 g/mol. The van der Waals surface area contributed by atoms with Gasteiger partial charge in [0.15, 0.2) is 15.6 Å². The lowest BCUT2D eigenvalue weighted by Gasteiger charge is -2.16. The summed E-state index contributed by atoms with van der Waals surface area (Å²) in [6, 6.07) is 4.26. The zero-order valence-electron chi connectivity index (χ0n) is 13.3. The smallest absolute Gasteiger partial charge is 0.318 e. The van der Waals surface area contributed by atoms with Gasteiger partial charge < -0.3 is 4.57 Å². The summed E-state index contributed by atoms with van der Waals surface area (Å²) in [5.74, 6) is -1.86. The summed E-state index contributed by atoms with van der Waals surface area (Å²) in [5, 5.41) is -0.158. The van der Waals surface area contributed by atoms with Crippen LogP contribution in [-0.4, -0.2) is 35.7 Å². The van der Waals surface area contributed by atoms with Crippen LogP contribution < -0.4 is 0 Å². The molecule has 2 aromatic rings. The minimum absolute atomic E-state index is 0.153. The number of halogens is 5. The number of carbonyl (C=O) groups excluding carboxylic acids is 1. The molecule has 0 radical (unpaired) electrons. The number of benzene rings is 1. The highest BCUT2D eigenvalue weighted by Crippen LogP contribution is 2.30. The highest BCUT2D eigenvalue weighted by atomic mass is 35.5. The lowest BCUT2D eigenvalue weighted by molar-refractivity contribution is -0.141.